The molecule has 2 aliphatic rings. The molecule has 0 unspecified atom stereocenters. The van der Waals surface area contributed by atoms with Crippen LogP contribution in [0.15, 0.2) is 12.4 Å². The molecule has 0 bridgehead atoms. The number of methoxy groups -OCH3 is 1. The van der Waals surface area contributed by atoms with Crippen molar-refractivity contribution in [2.45, 2.75) is 65.1 Å². The predicted molar refractivity (Wildman–Crippen MR) is 88.9 cm³/mol. The van der Waals surface area contributed by atoms with Gasteiger partial charge in [-0.2, -0.15) is 0 Å². The number of aryl methyl sites for hydroxylation is 1. The van der Waals surface area contributed by atoms with Crippen molar-refractivity contribution in [3.05, 3.63) is 18.2 Å². The maximum atomic E-state index is 12.8. The van der Waals surface area contributed by atoms with E-state index in [4.69, 9.17) is 4.74 Å². The highest BCUT2D eigenvalue weighted by Crippen LogP contribution is 2.52. The van der Waals surface area contributed by atoms with Gasteiger partial charge in [0.05, 0.1) is 6.10 Å². The minimum Gasteiger partial charge on any atom is -0.380 e. The molecule has 5 heteroatoms. The Bertz CT molecular complexity index is 564. The Morgan fingerprint density at radius 2 is 2.22 bits per heavy atom. The third-order valence-electron chi connectivity index (χ3n) is 6.38. The smallest absolute Gasteiger partial charge is 0.223 e. The van der Waals surface area contributed by atoms with Crippen LogP contribution in [0.1, 0.15) is 45.9 Å². The van der Waals surface area contributed by atoms with Crippen LogP contribution in [0, 0.1) is 17.3 Å². The van der Waals surface area contributed by atoms with E-state index in [0.29, 0.717) is 5.92 Å². The number of rotatable bonds is 5. The number of fused-ring (bicyclic) bond motifs is 1. The van der Waals surface area contributed by atoms with E-state index in [0.717, 1.165) is 38.1 Å². The van der Waals surface area contributed by atoms with Crippen molar-refractivity contribution in [1.82, 2.24) is 14.9 Å². The lowest BCUT2D eigenvalue weighted by Gasteiger charge is -2.60. The van der Waals surface area contributed by atoms with Gasteiger partial charge in [-0.3, -0.25) is 4.79 Å². The Balaban J connectivity index is 1.68. The molecule has 4 atom stereocenters. The first-order valence-corrected chi connectivity index (χ1v) is 8.90. The molecule has 0 radical (unpaired) electrons. The van der Waals surface area contributed by atoms with E-state index in [2.05, 4.69) is 35.6 Å². The minimum atomic E-state index is 0.0464. The maximum Gasteiger partial charge on any atom is 0.223 e. The van der Waals surface area contributed by atoms with Gasteiger partial charge in [0.25, 0.3) is 0 Å². The first-order chi connectivity index (χ1) is 11.1. The molecular formula is C18H29N3O2. The molecule has 1 N–H and O–H groups in total. The second-order valence-corrected chi connectivity index (χ2v) is 7.17. The van der Waals surface area contributed by atoms with Gasteiger partial charge in [-0.05, 0) is 19.3 Å². The molecule has 0 aromatic carbocycles. The second kappa shape index (κ2) is 6.27. The third kappa shape index (κ3) is 2.49. The molecule has 2 heterocycles. The molecule has 1 aromatic rings. The van der Waals surface area contributed by atoms with E-state index in [1.54, 1.807) is 7.11 Å². The summed E-state index contributed by atoms with van der Waals surface area (Å²) in [5.41, 5.74) is 0.0803. The van der Waals surface area contributed by atoms with Crippen molar-refractivity contribution in [2.75, 3.05) is 7.11 Å². The molecule has 3 rings (SSSR count). The van der Waals surface area contributed by atoms with Crippen LogP contribution in [0.2, 0.25) is 0 Å². The van der Waals surface area contributed by atoms with Gasteiger partial charge >= 0.3 is 0 Å². The fourth-order valence-electron chi connectivity index (χ4n) is 4.94. The van der Waals surface area contributed by atoms with Crippen molar-refractivity contribution in [3.63, 3.8) is 0 Å². The molecule has 1 fully saturated rings. The molecule has 1 saturated carbocycles. The van der Waals surface area contributed by atoms with Crippen LogP contribution in [-0.4, -0.2) is 34.7 Å². The summed E-state index contributed by atoms with van der Waals surface area (Å²) in [6.07, 6.45) is 7.78. The van der Waals surface area contributed by atoms with E-state index < -0.39 is 0 Å². The molecule has 1 aliphatic heterocycles. The van der Waals surface area contributed by atoms with E-state index in [1.807, 2.05) is 12.4 Å². The molecule has 23 heavy (non-hydrogen) atoms. The summed E-state index contributed by atoms with van der Waals surface area (Å²) < 4.78 is 7.88. The zero-order valence-corrected chi connectivity index (χ0v) is 14.7. The molecular weight excluding hydrogens is 290 g/mol. The number of imidazole rings is 1. The molecule has 1 aliphatic carbocycles. The summed E-state index contributed by atoms with van der Waals surface area (Å²) >= 11 is 0. The number of carbonyl (C=O) groups is 1. The quantitative estimate of drug-likeness (QED) is 0.907. The Labute approximate surface area is 138 Å². The fourth-order valence-corrected chi connectivity index (χ4v) is 4.94. The van der Waals surface area contributed by atoms with Gasteiger partial charge in [0.1, 0.15) is 5.82 Å². The molecule has 0 spiro atoms. The summed E-state index contributed by atoms with van der Waals surface area (Å²) in [4.78, 5) is 17.2. The largest absolute Gasteiger partial charge is 0.380 e. The molecule has 128 valence electrons. The number of ether oxygens (including phenoxy) is 1. The number of hydrogen-bond acceptors (Lipinski definition) is 3. The van der Waals surface area contributed by atoms with E-state index in [1.165, 1.54) is 0 Å². The van der Waals surface area contributed by atoms with Gasteiger partial charge in [0.2, 0.25) is 5.91 Å². The lowest BCUT2D eigenvalue weighted by Crippen LogP contribution is -2.70. The SMILES string of the molecule is CCC1(CC)[C@H](NC(=O)[C@@H]2CCn3ccnc3C2)[C@@H](C)[C@H]1OC. The number of nitrogens with one attached hydrogen (secondary N) is 1. The number of hydrogen-bond donors (Lipinski definition) is 1. The lowest BCUT2D eigenvalue weighted by molar-refractivity contribution is -0.173. The summed E-state index contributed by atoms with van der Waals surface area (Å²) in [5, 5.41) is 3.36. The maximum absolute atomic E-state index is 12.8. The van der Waals surface area contributed by atoms with Crippen LogP contribution >= 0.6 is 0 Å². The molecule has 1 amide bonds. The summed E-state index contributed by atoms with van der Waals surface area (Å²) in [5.74, 6) is 1.64. The van der Waals surface area contributed by atoms with Gasteiger partial charge in [0, 0.05) is 55.8 Å². The molecule has 0 saturated heterocycles. The van der Waals surface area contributed by atoms with Gasteiger partial charge in [-0.1, -0.05) is 20.8 Å². The number of carbonyl (C=O) groups excluding carboxylic acids is 1. The zero-order chi connectivity index (χ0) is 16.6. The average molecular weight is 319 g/mol. The highest BCUT2D eigenvalue weighted by molar-refractivity contribution is 5.79. The van der Waals surface area contributed by atoms with Gasteiger partial charge in [-0.15, -0.1) is 0 Å². The van der Waals surface area contributed by atoms with Gasteiger partial charge in [0.15, 0.2) is 0 Å². The van der Waals surface area contributed by atoms with Crippen molar-refractivity contribution in [2.24, 2.45) is 17.3 Å². The van der Waals surface area contributed by atoms with Crippen LogP contribution in [0.25, 0.3) is 0 Å². The van der Waals surface area contributed by atoms with Crippen LogP contribution in [0.3, 0.4) is 0 Å². The third-order valence-corrected chi connectivity index (χ3v) is 6.38. The van der Waals surface area contributed by atoms with Gasteiger partial charge < -0.3 is 14.6 Å². The Hall–Kier alpha value is -1.36. The zero-order valence-electron chi connectivity index (χ0n) is 14.7. The van der Waals surface area contributed by atoms with Crippen LogP contribution in [0.5, 0.6) is 0 Å². The topological polar surface area (TPSA) is 56.2 Å². The lowest BCUT2D eigenvalue weighted by atomic mass is 9.53. The van der Waals surface area contributed by atoms with Crippen LogP contribution in [-0.2, 0) is 22.5 Å². The minimum absolute atomic E-state index is 0.0464. The second-order valence-electron chi connectivity index (χ2n) is 7.17. The van der Waals surface area contributed by atoms with Crippen LogP contribution < -0.4 is 5.32 Å². The number of amides is 1. The first kappa shape index (κ1) is 16.5. The normalized spacial score (nSPS) is 32.0. The van der Waals surface area contributed by atoms with Crippen molar-refractivity contribution in [1.29, 1.82) is 0 Å². The van der Waals surface area contributed by atoms with E-state index in [-0.39, 0.29) is 29.4 Å². The molecule has 5 nitrogen and oxygen atoms in total. The Kier molecular flexibility index (Phi) is 4.50. The summed E-state index contributed by atoms with van der Waals surface area (Å²) in [7, 11) is 1.79. The van der Waals surface area contributed by atoms with Crippen molar-refractivity contribution in [3.8, 4) is 0 Å². The number of aromatic nitrogens is 2. The van der Waals surface area contributed by atoms with E-state index in [9.17, 15) is 4.79 Å². The fraction of sp³-hybridized carbons (Fsp3) is 0.778. The summed E-state index contributed by atoms with van der Waals surface area (Å²) in [6, 6.07) is 0.219. The molecule has 1 aromatic heterocycles. The van der Waals surface area contributed by atoms with Crippen LogP contribution in [0.4, 0.5) is 0 Å². The first-order valence-electron chi connectivity index (χ1n) is 8.90. The Morgan fingerprint density at radius 3 is 2.87 bits per heavy atom. The Morgan fingerprint density at radius 1 is 1.48 bits per heavy atom. The standard InChI is InChI=1S/C18H29N3O2/c1-5-18(6-2)15(12(3)16(18)23-4)20-17(22)13-7-9-21-10-8-19-14(21)11-13/h8,10,12-13,15-16H,5-7,9,11H2,1-4H3,(H,20,22)/t12-,13-,15-,16-/m1/s1. The van der Waals surface area contributed by atoms with Crippen molar-refractivity contribution < 1.29 is 9.53 Å². The van der Waals surface area contributed by atoms with E-state index >= 15 is 0 Å². The van der Waals surface area contributed by atoms with Crippen molar-refractivity contribution >= 4 is 5.91 Å². The number of nitrogens with zero attached hydrogens (tertiary/aromatic N) is 2. The van der Waals surface area contributed by atoms with Gasteiger partial charge in [-0.25, -0.2) is 4.98 Å². The summed E-state index contributed by atoms with van der Waals surface area (Å²) in [6.45, 7) is 7.49. The predicted octanol–water partition coefficient (Wildman–Crippen LogP) is 2.40. The highest BCUT2D eigenvalue weighted by Gasteiger charge is 2.59. The monoisotopic (exact) mass is 319 g/mol. The highest BCUT2D eigenvalue weighted by atomic mass is 16.5. The average Bonchev–Trinajstić information content (AvgIpc) is 3.04.